The highest BCUT2D eigenvalue weighted by Crippen LogP contribution is 2.25. The third kappa shape index (κ3) is 6.01. The molecule has 1 unspecified atom stereocenters. The second-order valence-electron chi connectivity index (χ2n) is 8.93. The van der Waals surface area contributed by atoms with Crippen LogP contribution in [0.2, 0.25) is 0 Å². The average Bonchev–Trinajstić information content (AvgIpc) is 3.35. The molecule has 166 valence electrons. The van der Waals surface area contributed by atoms with Crippen molar-refractivity contribution in [3.05, 3.63) is 60.2 Å². The van der Waals surface area contributed by atoms with E-state index >= 15 is 0 Å². The molecule has 5 nitrogen and oxygen atoms in total. The highest BCUT2D eigenvalue weighted by Gasteiger charge is 2.28. The Morgan fingerprint density at radius 2 is 1.68 bits per heavy atom. The fourth-order valence-electron chi connectivity index (χ4n) is 4.74. The van der Waals surface area contributed by atoms with E-state index < -0.39 is 0 Å². The van der Waals surface area contributed by atoms with E-state index in [4.69, 9.17) is 4.99 Å². The van der Waals surface area contributed by atoms with Crippen LogP contribution in [0.5, 0.6) is 5.75 Å². The summed E-state index contributed by atoms with van der Waals surface area (Å²) in [6.07, 6.45) is 7.08. The standard InChI is InChI=1S/C26H36N4O/c1-21(13-14-22-9-3-2-4-10-22)27-26(28-24-11-5-6-12-25(24)31)30-19-15-23(16-20-30)29-17-7-8-18-29/h2-6,9-12,21,23,31H,7-8,13-20H2,1H3,(H,27,28). The second-order valence-corrected chi connectivity index (χ2v) is 8.93. The monoisotopic (exact) mass is 420 g/mol. The van der Waals surface area contributed by atoms with Crippen molar-refractivity contribution in [2.75, 3.05) is 31.5 Å². The molecule has 0 radical (unpaired) electrons. The zero-order valence-electron chi connectivity index (χ0n) is 18.7. The molecule has 2 N–H and O–H groups in total. The molecule has 0 amide bonds. The van der Waals surface area contributed by atoms with E-state index in [1.807, 2.05) is 18.2 Å². The molecule has 2 aliphatic rings. The lowest BCUT2D eigenvalue weighted by molar-refractivity contribution is 0.163. The number of anilines is 1. The van der Waals surface area contributed by atoms with Gasteiger partial charge in [0.05, 0.1) is 11.7 Å². The van der Waals surface area contributed by atoms with Gasteiger partial charge in [0.25, 0.3) is 0 Å². The Hall–Kier alpha value is -2.53. The fourth-order valence-corrected chi connectivity index (χ4v) is 4.74. The van der Waals surface area contributed by atoms with Gasteiger partial charge in [0.15, 0.2) is 5.96 Å². The summed E-state index contributed by atoms with van der Waals surface area (Å²) in [5.41, 5.74) is 2.07. The summed E-state index contributed by atoms with van der Waals surface area (Å²) < 4.78 is 0. The Morgan fingerprint density at radius 3 is 2.39 bits per heavy atom. The number of phenolic OH excluding ortho intramolecular Hbond substituents is 1. The van der Waals surface area contributed by atoms with Gasteiger partial charge in [-0.2, -0.15) is 0 Å². The predicted octanol–water partition coefficient (Wildman–Crippen LogP) is 4.74. The van der Waals surface area contributed by atoms with Crippen LogP contribution in [0.4, 0.5) is 5.69 Å². The van der Waals surface area contributed by atoms with Gasteiger partial charge in [-0.15, -0.1) is 0 Å². The van der Waals surface area contributed by atoms with Crippen LogP contribution < -0.4 is 5.32 Å². The first-order chi connectivity index (χ1) is 15.2. The van der Waals surface area contributed by atoms with E-state index in [0.717, 1.165) is 37.6 Å². The highest BCUT2D eigenvalue weighted by atomic mass is 16.3. The number of aromatic hydroxyl groups is 1. The number of likely N-dealkylation sites (tertiary alicyclic amines) is 2. The smallest absolute Gasteiger partial charge is 0.198 e. The maximum absolute atomic E-state index is 10.3. The van der Waals surface area contributed by atoms with Gasteiger partial charge in [-0.3, -0.25) is 0 Å². The topological polar surface area (TPSA) is 51.1 Å². The van der Waals surface area contributed by atoms with Crippen LogP contribution in [0.3, 0.4) is 0 Å². The Kier molecular flexibility index (Phi) is 7.47. The van der Waals surface area contributed by atoms with Crippen molar-refractivity contribution in [1.29, 1.82) is 0 Å². The number of piperidine rings is 1. The Bertz CT molecular complexity index is 839. The molecule has 2 fully saturated rings. The molecular weight excluding hydrogens is 384 g/mol. The first kappa shape index (κ1) is 21.7. The summed E-state index contributed by atoms with van der Waals surface area (Å²) in [6.45, 7) is 6.72. The summed E-state index contributed by atoms with van der Waals surface area (Å²) in [5, 5.41) is 13.7. The quantitative estimate of drug-likeness (QED) is 0.403. The molecule has 0 aromatic heterocycles. The number of benzene rings is 2. The third-order valence-corrected chi connectivity index (χ3v) is 6.61. The molecule has 2 aromatic carbocycles. The normalized spacial score (nSPS) is 19.5. The summed E-state index contributed by atoms with van der Waals surface area (Å²) in [6, 6.07) is 18.9. The SMILES string of the molecule is CC(CCc1ccccc1)N=C(Nc1ccccc1O)N1CCC(N2CCCC2)CC1. The van der Waals surface area contributed by atoms with Gasteiger partial charge in [-0.05, 0) is 76.2 Å². The number of phenols is 1. The zero-order valence-corrected chi connectivity index (χ0v) is 18.7. The molecule has 0 aliphatic carbocycles. The van der Waals surface area contributed by atoms with Gasteiger partial charge >= 0.3 is 0 Å². The van der Waals surface area contributed by atoms with E-state index in [1.165, 1.54) is 44.3 Å². The molecule has 2 saturated heterocycles. The van der Waals surface area contributed by atoms with Crippen molar-refractivity contribution in [3.63, 3.8) is 0 Å². The van der Waals surface area contributed by atoms with Crippen molar-refractivity contribution >= 4 is 11.6 Å². The molecule has 4 rings (SSSR count). The van der Waals surface area contributed by atoms with Crippen LogP contribution in [0, 0.1) is 0 Å². The van der Waals surface area contributed by atoms with Crippen LogP contribution in [-0.4, -0.2) is 59.1 Å². The van der Waals surface area contributed by atoms with E-state index in [9.17, 15) is 5.11 Å². The van der Waals surface area contributed by atoms with Gasteiger partial charge < -0.3 is 20.2 Å². The molecular formula is C26H36N4O. The molecule has 2 aliphatic heterocycles. The van der Waals surface area contributed by atoms with Crippen LogP contribution in [0.15, 0.2) is 59.6 Å². The molecule has 1 atom stereocenters. The van der Waals surface area contributed by atoms with Crippen molar-refractivity contribution in [3.8, 4) is 5.75 Å². The maximum atomic E-state index is 10.3. The number of hydrogen-bond donors (Lipinski definition) is 2. The maximum Gasteiger partial charge on any atom is 0.198 e. The molecule has 31 heavy (non-hydrogen) atoms. The van der Waals surface area contributed by atoms with Crippen LogP contribution in [-0.2, 0) is 6.42 Å². The highest BCUT2D eigenvalue weighted by molar-refractivity contribution is 5.95. The van der Waals surface area contributed by atoms with Crippen LogP contribution >= 0.6 is 0 Å². The molecule has 2 aromatic rings. The first-order valence-corrected chi connectivity index (χ1v) is 11.8. The molecule has 0 saturated carbocycles. The van der Waals surface area contributed by atoms with Gasteiger partial charge in [-0.25, -0.2) is 4.99 Å². The largest absolute Gasteiger partial charge is 0.506 e. The number of aliphatic imine (C=N–C) groups is 1. The number of nitrogens with zero attached hydrogens (tertiary/aromatic N) is 3. The van der Waals surface area contributed by atoms with Crippen molar-refractivity contribution in [2.24, 2.45) is 4.99 Å². The zero-order chi connectivity index (χ0) is 21.5. The number of aryl methyl sites for hydroxylation is 1. The summed E-state index contributed by atoms with van der Waals surface area (Å²) >= 11 is 0. The number of para-hydroxylation sites is 2. The van der Waals surface area contributed by atoms with E-state index in [-0.39, 0.29) is 11.8 Å². The number of hydrogen-bond acceptors (Lipinski definition) is 3. The minimum absolute atomic E-state index is 0.199. The second kappa shape index (κ2) is 10.7. The number of nitrogens with one attached hydrogen (secondary N) is 1. The van der Waals surface area contributed by atoms with Gasteiger partial charge in [0, 0.05) is 19.1 Å². The van der Waals surface area contributed by atoms with Gasteiger partial charge in [0.1, 0.15) is 5.75 Å². The van der Waals surface area contributed by atoms with Crippen molar-refractivity contribution in [2.45, 2.75) is 57.5 Å². The minimum Gasteiger partial charge on any atom is -0.506 e. The summed E-state index contributed by atoms with van der Waals surface area (Å²) in [4.78, 5) is 10.1. The molecule has 0 bridgehead atoms. The average molecular weight is 421 g/mol. The summed E-state index contributed by atoms with van der Waals surface area (Å²) in [5.74, 6) is 1.15. The van der Waals surface area contributed by atoms with Crippen molar-refractivity contribution in [1.82, 2.24) is 9.80 Å². The van der Waals surface area contributed by atoms with E-state index in [2.05, 4.69) is 52.4 Å². The van der Waals surface area contributed by atoms with Gasteiger partial charge in [0.2, 0.25) is 0 Å². The lowest BCUT2D eigenvalue weighted by Gasteiger charge is -2.38. The Labute approximate surface area is 186 Å². The lowest BCUT2D eigenvalue weighted by Crippen LogP contribution is -2.48. The van der Waals surface area contributed by atoms with Crippen LogP contribution in [0.25, 0.3) is 0 Å². The minimum atomic E-state index is 0.199. The van der Waals surface area contributed by atoms with Gasteiger partial charge in [-0.1, -0.05) is 42.5 Å². The Morgan fingerprint density at radius 1 is 1.00 bits per heavy atom. The summed E-state index contributed by atoms with van der Waals surface area (Å²) in [7, 11) is 0. The van der Waals surface area contributed by atoms with Crippen molar-refractivity contribution < 1.29 is 5.11 Å². The fraction of sp³-hybridized carbons (Fsp3) is 0.500. The number of rotatable bonds is 6. The third-order valence-electron chi connectivity index (χ3n) is 6.61. The molecule has 5 heteroatoms. The first-order valence-electron chi connectivity index (χ1n) is 11.8. The van der Waals surface area contributed by atoms with E-state index in [0.29, 0.717) is 6.04 Å². The Balaban J connectivity index is 1.43. The lowest BCUT2D eigenvalue weighted by atomic mass is 10.0. The number of guanidine groups is 1. The molecule has 2 heterocycles. The van der Waals surface area contributed by atoms with Crippen LogP contribution in [0.1, 0.15) is 44.6 Å². The van der Waals surface area contributed by atoms with E-state index in [1.54, 1.807) is 6.07 Å². The predicted molar refractivity (Wildman–Crippen MR) is 129 cm³/mol. The molecule has 0 spiro atoms.